The number of benzene rings is 2. The van der Waals surface area contributed by atoms with Crippen LogP contribution in [-0.2, 0) is 0 Å². The van der Waals surface area contributed by atoms with Gasteiger partial charge < -0.3 is 4.42 Å². The van der Waals surface area contributed by atoms with Gasteiger partial charge in [-0.25, -0.2) is 9.50 Å². The zero-order chi connectivity index (χ0) is 20.8. The Bertz CT molecular complexity index is 1430. The minimum Gasteiger partial charge on any atom is -0.416 e. The second-order valence-electron chi connectivity index (χ2n) is 7.29. The fourth-order valence-electron chi connectivity index (χ4n) is 3.62. The Balaban J connectivity index is 1.67. The van der Waals surface area contributed by atoms with Gasteiger partial charge in [0.05, 0.1) is 5.69 Å². The minimum atomic E-state index is -0.276. The van der Waals surface area contributed by atoms with Gasteiger partial charge in [0.15, 0.2) is 5.65 Å². The van der Waals surface area contributed by atoms with Crippen molar-refractivity contribution < 1.29 is 4.42 Å². The summed E-state index contributed by atoms with van der Waals surface area (Å²) in [6, 6.07) is 17.6. The molecule has 7 nitrogen and oxygen atoms in total. The van der Waals surface area contributed by atoms with Crippen molar-refractivity contribution in [2.45, 2.75) is 20.8 Å². The average Bonchev–Trinajstić information content (AvgIpc) is 3.34. The molecule has 5 rings (SSSR count). The van der Waals surface area contributed by atoms with Crippen LogP contribution in [0.15, 0.2) is 63.8 Å². The summed E-state index contributed by atoms with van der Waals surface area (Å²) in [6.07, 6.45) is 0. The fraction of sp³-hybridized carbons (Fsp3) is 0.130. The first-order valence-electron chi connectivity index (χ1n) is 9.61. The average molecular weight is 397 g/mol. The van der Waals surface area contributed by atoms with E-state index in [1.165, 1.54) is 4.52 Å². The molecular weight excluding hydrogens is 378 g/mol. The maximum atomic E-state index is 13.3. The van der Waals surface area contributed by atoms with E-state index in [9.17, 15) is 4.79 Å². The highest BCUT2D eigenvalue weighted by Crippen LogP contribution is 2.29. The molecule has 0 saturated heterocycles. The summed E-state index contributed by atoms with van der Waals surface area (Å²) in [5.41, 5.74) is 5.81. The van der Waals surface area contributed by atoms with Crippen LogP contribution >= 0.6 is 0 Å². The van der Waals surface area contributed by atoms with Crippen molar-refractivity contribution in [3.8, 4) is 34.0 Å². The Labute approximate surface area is 172 Å². The van der Waals surface area contributed by atoms with Gasteiger partial charge in [-0.05, 0) is 38.5 Å². The van der Waals surface area contributed by atoms with Gasteiger partial charge in [-0.2, -0.15) is 0 Å². The Hall–Kier alpha value is -4.00. The Morgan fingerprint density at radius 2 is 1.53 bits per heavy atom. The zero-order valence-corrected chi connectivity index (χ0v) is 16.8. The minimum absolute atomic E-state index is 0.156. The zero-order valence-electron chi connectivity index (χ0n) is 16.8. The molecule has 0 spiro atoms. The Morgan fingerprint density at radius 3 is 2.27 bits per heavy atom. The number of hydrogen-bond acceptors (Lipinski definition) is 5. The molecule has 30 heavy (non-hydrogen) atoms. The van der Waals surface area contributed by atoms with Crippen LogP contribution in [0.2, 0.25) is 0 Å². The molecule has 1 N–H and O–H groups in total. The van der Waals surface area contributed by atoms with Gasteiger partial charge in [0.25, 0.3) is 11.4 Å². The molecule has 2 aromatic carbocycles. The molecule has 0 atom stereocenters. The molecule has 0 unspecified atom stereocenters. The van der Waals surface area contributed by atoms with Crippen molar-refractivity contribution in [2.75, 3.05) is 0 Å². The molecule has 148 valence electrons. The summed E-state index contributed by atoms with van der Waals surface area (Å²) in [5.74, 6) is 0.519. The number of nitrogens with one attached hydrogen (secondary N) is 1. The first-order valence-corrected chi connectivity index (χ1v) is 9.61. The molecule has 0 aliphatic carbocycles. The Morgan fingerprint density at radius 1 is 0.833 bits per heavy atom. The van der Waals surface area contributed by atoms with Crippen LogP contribution < -0.4 is 5.56 Å². The first kappa shape index (κ1) is 18.1. The number of H-pyrrole nitrogens is 1. The number of aromatic amines is 1. The molecule has 0 aliphatic rings. The van der Waals surface area contributed by atoms with Crippen LogP contribution in [0.1, 0.15) is 17.0 Å². The number of fused-ring (bicyclic) bond motifs is 1. The third kappa shape index (κ3) is 2.83. The largest absolute Gasteiger partial charge is 0.416 e. The molecule has 5 aromatic rings. The van der Waals surface area contributed by atoms with E-state index >= 15 is 0 Å². The summed E-state index contributed by atoms with van der Waals surface area (Å²) < 4.78 is 7.28. The number of nitrogens with zero attached hydrogens (tertiary/aromatic N) is 4. The standard InChI is InChI=1S/C23H19N5O2/c1-13-9-11-17(12-10-13)21-25-26-22(30-21)19-14(2)24-20-18(16-7-5-4-6-8-16)15(3)27-28(20)23(19)29/h4-12,27H,1-3H3. The lowest BCUT2D eigenvalue weighted by Crippen LogP contribution is -2.19. The number of rotatable bonds is 3. The van der Waals surface area contributed by atoms with E-state index in [-0.39, 0.29) is 11.4 Å². The monoisotopic (exact) mass is 397 g/mol. The predicted molar refractivity (Wildman–Crippen MR) is 114 cm³/mol. The predicted octanol–water partition coefficient (Wildman–Crippen LogP) is 4.33. The molecule has 0 fully saturated rings. The van der Waals surface area contributed by atoms with Crippen LogP contribution in [-0.4, -0.2) is 24.8 Å². The van der Waals surface area contributed by atoms with E-state index in [4.69, 9.17) is 9.40 Å². The summed E-state index contributed by atoms with van der Waals surface area (Å²) in [5, 5.41) is 11.4. The van der Waals surface area contributed by atoms with Crippen LogP contribution in [0.4, 0.5) is 0 Å². The summed E-state index contributed by atoms with van der Waals surface area (Å²) in [4.78, 5) is 18.0. The molecule has 0 radical (unpaired) electrons. The fourth-order valence-corrected chi connectivity index (χ4v) is 3.62. The Kier molecular flexibility index (Phi) is 4.10. The highest BCUT2D eigenvalue weighted by Gasteiger charge is 2.22. The molecule has 0 saturated carbocycles. The lowest BCUT2D eigenvalue weighted by molar-refractivity contribution is 0.582. The van der Waals surface area contributed by atoms with Gasteiger partial charge in [-0.1, -0.05) is 48.0 Å². The molecule has 0 bridgehead atoms. The van der Waals surface area contributed by atoms with E-state index in [1.54, 1.807) is 6.92 Å². The van der Waals surface area contributed by atoms with E-state index in [1.807, 2.05) is 68.4 Å². The van der Waals surface area contributed by atoms with Crippen molar-refractivity contribution >= 4 is 5.65 Å². The van der Waals surface area contributed by atoms with E-state index < -0.39 is 0 Å². The van der Waals surface area contributed by atoms with Gasteiger partial charge in [-0.3, -0.25) is 9.89 Å². The van der Waals surface area contributed by atoms with E-state index in [2.05, 4.69) is 15.3 Å². The van der Waals surface area contributed by atoms with Crippen LogP contribution in [0.5, 0.6) is 0 Å². The summed E-state index contributed by atoms with van der Waals surface area (Å²) in [6.45, 7) is 5.72. The maximum Gasteiger partial charge on any atom is 0.285 e. The van der Waals surface area contributed by atoms with E-state index in [0.29, 0.717) is 22.8 Å². The summed E-state index contributed by atoms with van der Waals surface area (Å²) >= 11 is 0. The van der Waals surface area contributed by atoms with Gasteiger partial charge in [0.2, 0.25) is 5.89 Å². The lowest BCUT2D eigenvalue weighted by atomic mass is 10.1. The third-order valence-electron chi connectivity index (χ3n) is 5.14. The van der Waals surface area contributed by atoms with Crippen molar-refractivity contribution in [3.05, 3.63) is 81.9 Å². The number of aromatic nitrogens is 5. The van der Waals surface area contributed by atoms with Crippen molar-refractivity contribution in [1.82, 2.24) is 24.8 Å². The van der Waals surface area contributed by atoms with E-state index in [0.717, 1.165) is 27.9 Å². The second-order valence-corrected chi connectivity index (χ2v) is 7.29. The normalized spacial score (nSPS) is 11.3. The summed E-state index contributed by atoms with van der Waals surface area (Å²) in [7, 11) is 0. The number of hydrogen-bond donors (Lipinski definition) is 1. The topological polar surface area (TPSA) is 89.1 Å². The van der Waals surface area contributed by atoms with Crippen molar-refractivity contribution in [2.24, 2.45) is 0 Å². The molecule has 0 aliphatic heterocycles. The number of aryl methyl sites for hydroxylation is 3. The molecule has 7 heteroatoms. The molecular formula is C23H19N5O2. The van der Waals surface area contributed by atoms with Crippen LogP contribution in [0, 0.1) is 20.8 Å². The molecule has 3 heterocycles. The maximum absolute atomic E-state index is 13.3. The van der Waals surface area contributed by atoms with Crippen molar-refractivity contribution in [1.29, 1.82) is 0 Å². The highest BCUT2D eigenvalue weighted by molar-refractivity contribution is 5.80. The third-order valence-corrected chi connectivity index (χ3v) is 5.14. The molecule has 3 aromatic heterocycles. The quantitative estimate of drug-likeness (QED) is 0.489. The molecule has 0 amide bonds. The first-order chi connectivity index (χ1) is 14.5. The van der Waals surface area contributed by atoms with Crippen molar-refractivity contribution in [3.63, 3.8) is 0 Å². The SMILES string of the molecule is Cc1ccc(-c2nnc(-c3c(C)nc4c(-c5ccccc5)c(C)[nH]n4c3=O)o2)cc1. The lowest BCUT2D eigenvalue weighted by Gasteiger charge is -2.03. The van der Waals surface area contributed by atoms with Gasteiger partial charge in [-0.15, -0.1) is 10.2 Å². The van der Waals surface area contributed by atoms with Gasteiger partial charge in [0, 0.05) is 16.8 Å². The smallest absolute Gasteiger partial charge is 0.285 e. The van der Waals surface area contributed by atoms with Gasteiger partial charge >= 0.3 is 0 Å². The second kappa shape index (κ2) is 6.81. The van der Waals surface area contributed by atoms with Crippen LogP contribution in [0.25, 0.3) is 39.7 Å². The van der Waals surface area contributed by atoms with Gasteiger partial charge in [0.1, 0.15) is 5.56 Å². The highest BCUT2D eigenvalue weighted by atomic mass is 16.4. The van der Waals surface area contributed by atoms with Crippen LogP contribution in [0.3, 0.4) is 0 Å².